The number of nitrogens with two attached hydrogens (primary N) is 1. The van der Waals surface area contributed by atoms with Crippen LogP contribution in [0.2, 0.25) is 0 Å². The molecule has 0 radical (unpaired) electrons. The molecule has 3 aromatic rings. The number of nitrogen functional groups attached to an aromatic ring is 1. The molecule has 0 heterocycles. The maximum atomic E-state index is 12.3. The fourth-order valence-electron chi connectivity index (χ4n) is 3.12. The van der Waals surface area contributed by atoms with Gasteiger partial charge in [0.1, 0.15) is 11.0 Å². The fourth-order valence-corrected chi connectivity index (χ4v) is 4.15. The van der Waals surface area contributed by atoms with E-state index in [1.54, 1.807) is 18.2 Å². The highest BCUT2D eigenvalue weighted by Crippen LogP contribution is 2.37. The summed E-state index contributed by atoms with van der Waals surface area (Å²) in [5, 5.41) is 1.18. The zero-order valence-electron chi connectivity index (χ0n) is 14.8. The van der Waals surface area contributed by atoms with E-state index < -0.39 is 16.3 Å². The van der Waals surface area contributed by atoms with Crippen molar-refractivity contribution in [2.75, 3.05) is 18.2 Å². The van der Waals surface area contributed by atoms with E-state index in [1.807, 2.05) is 42.5 Å². The van der Waals surface area contributed by atoms with Gasteiger partial charge in [0.05, 0.1) is 6.61 Å². The van der Waals surface area contributed by atoms with E-state index in [4.69, 9.17) is 22.1 Å². The Morgan fingerprint density at radius 2 is 1.81 bits per heavy atom. The Hall–Kier alpha value is -2.08. The van der Waals surface area contributed by atoms with Crippen molar-refractivity contribution in [1.29, 1.82) is 0 Å². The lowest BCUT2D eigenvalue weighted by molar-refractivity contribution is 0.309. The van der Waals surface area contributed by atoms with Gasteiger partial charge < -0.3 is 15.0 Å². The van der Waals surface area contributed by atoms with Gasteiger partial charge in [-0.05, 0) is 47.4 Å². The van der Waals surface area contributed by atoms with Crippen LogP contribution in [0, 0.1) is 0 Å². The summed E-state index contributed by atoms with van der Waals surface area (Å²) in [5.74, 6) is 1.23. The maximum Gasteiger partial charge on any atom is 0.165 e. The molecule has 6 heteroatoms. The Morgan fingerprint density at radius 3 is 2.59 bits per heavy atom. The first kappa shape index (κ1) is 19.7. The third-order valence-electron chi connectivity index (χ3n) is 4.44. The van der Waals surface area contributed by atoms with Crippen LogP contribution in [0.5, 0.6) is 5.75 Å². The molecular weight excluding hydrogens is 382 g/mol. The molecule has 0 saturated carbocycles. The third kappa shape index (κ3) is 4.61. The number of anilines is 1. The van der Waals surface area contributed by atoms with Gasteiger partial charge in [-0.1, -0.05) is 42.5 Å². The number of unbranched alkanes of at least 4 members (excludes halogenated alkanes) is 1. The lowest BCUT2D eigenvalue weighted by atomic mass is 9.97. The first-order valence-electron chi connectivity index (χ1n) is 8.77. The molecule has 0 spiro atoms. The quantitative estimate of drug-likeness (QED) is 0.236. The third-order valence-corrected chi connectivity index (χ3v) is 5.62. The molecule has 0 bridgehead atoms. The molecule has 0 aliphatic rings. The van der Waals surface area contributed by atoms with E-state index in [1.165, 1.54) is 0 Å². The number of rotatable bonds is 8. The Morgan fingerprint density at radius 1 is 1.04 bits per heavy atom. The van der Waals surface area contributed by atoms with Crippen LogP contribution < -0.4 is 10.5 Å². The Bertz CT molecular complexity index is 942. The van der Waals surface area contributed by atoms with Crippen LogP contribution in [0.3, 0.4) is 0 Å². The number of hydrogen-bond acceptors (Lipinski definition) is 3. The van der Waals surface area contributed by atoms with Crippen molar-refractivity contribution in [3.05, 3.63) is 71.8 Å². The van der Waals surface area contributed by atoms with Crippen LogP contribution in [0.15, 0.2) is 60.7 Å². The van der Waals surface area contributed by atoms with Crippen molar-refractivity contribution in [3.8, 4) is 5.75 Å². The first-order valence-corrected chi connectivity index (χ1v) is 10.5. The molecule has 0 aliphatic carbocycles. The summed E-state index contributed by atoms with van der Waals surface area (Å²) in [6.07, 6.45) is 1.73. The number of alkyl halides is 1. The molecule has 4 nitrogen and oxygen atoms in total. The van der Waals surface area contributed by atoms with Crippen LogP contribution in [0.25, 0.3) is 10.8 Å². The minimum atomic E-state index is -2.14. The van der Waals surface area contributed by atoms with Crippen LogP contribution in [-0.4, -0.2) is 21.2 Å². The van der Waals surface area contributed by atoms with Crippen molar-refractivity contribution in [2.24, 2.45) is 0 Å². The van der Waals surface area contributed by atoms with E-state index in [0.29, 0.717) is 29.5 Å². The average molecular weight is 404 g/mol. The second kappa shape index (κ2) is 9.22. The predicted octanol–water partition coefficient (Wildman–Crippen LogP) is 5.13. The molecular formula is C21H22ClNO3S. The number of benzene rings is 3. The minimum Gasteiger partial charge on any atom is -0.494 e. The van der Waals surface area contributed by atoms with Gasteiger partial charge in [-0.3, -0.25) is 0 Å². The summed E-state index contributed by atoms with van der Waals surface area (Å²) in [4.78, 5) is 0. The van der Waals surface area contributed by atoms with E-state index in [-0.39, 0.29) is 0 Å². The lowest BCUT2D eigenvalue weighted by Gasteiger charge is -2.19. The monoisotopic (exact) mass is 403 g/mol. The van der Waals surface area contributed by atoms with Gasteiger partial charge in [0.25, 0.3) is 0 Å². The number of hydrogen-bond donors (Lipinski definition) is 2. The molecule has 0 fully saturated rings. The van der Waals surface area contributed by atoms with E-state index in [0.717, 1.165) is 29.2 Å². The summed E-state index contributed by atoms with van der Waals surface area (Å²) in [5.41, 5.74) is 7.98. The van der Waals surface area contributed by atoms with Gasteiger partial charge in [0.2, 0.25) is 0 Å². The van der Waals surface area contributed by atoms with Crippen molar-refractivity contribution in [2.45, 2.75) is 18.1 Å². The maximum absolute atomic E-state index is 12.3. The van der Waals surface area contributed by atoms with E-state index >= 15 is 0 Å². The van der Waals surface area contributed by atoms with Crippen molar-refractivity contribution >= 4 is 39.1 Å². The summed E-state index contributed by atoms with van der Waals surface area (Å²) in [7, 11) is 0. The molecule has 0 aromatic heterocycles. The Labute approximate surface area is 166 Å². The SMILES string of the molecule is Nc1ccc(OCCCCCl)cc1C(c1cccc2ccccc12)S(=O)O. The van der Waals surface area contributed by atoms with Crippen LogP contribution in [0.1, 0.15) is 29.2 Å². The Kier molecular flexibility index (Phi) is 6.72. The standard InChI is InChI=1S/C21H22ClNO3S/c22-12-3-4-13-26-16-10-11-20(23)19(14-16)21(27(24)25)18-9-5-7-15-6-1-2-8-17(15)18/h1-2,5-11,14,21H,3-4,12-13,23H2,(H,24,25). The van der Waals surface area contributed by atoms with Crippen LogP contribution in [-0.2, 0) is 11.1 Å². The Balaban J connectivity index is 2.01. The highest BCUT2D eigenvalue weighted by Gasteiger charge is 2.25. The highest BCUT2D eigenvalue weighted by molar-refractivity contribution is 7.79. The minimum absolute atomic E-state index is 0.462. The van der Waals surface area contributed by atoms with Crippen molar-refractivity contribution in [1.82, 2.24) is 0 Å². The lowest BCUT2D eigenvalue weighted by Crippen LogP contribution is -2.11. The van der Waals surface area contributed by atoms with Crippen molar-refractivity contribution < 1.29 is 13.5 Å². The second-order valence-corrected chi connectivity index (χ2v) is 7.66. The van der Waals surface area contributed by atoms with Gasteiger partial charge >= 0.3 is 0 Å². The predicted molar refractivity (Wildman–Crippen MR) is 113 cm³/mol. The molecule has 3 rings (SSSR count). The first-order chi connectivity index (χ1) is 13.1. The molecule has 2 atom stereocenters. The summed E-state index contributed by atoms with van der Waals surface area (Å²) < 4.78 is 28.2. The van der Waals surface area contributed by atoms with Crippen molar-refractivity contribution in [3.63, 3.8) is 0 Å². The molecule has 0 aliphatic heterocycles. The topological polar surface area (TPSA) is 72.5 Å². The van der Waals surface area contributed by atoms with Crippen LogP contribution in [0.4, 0.5) is 5.69 Å². The molecule has 0 amide bonds. The van der Waals surface area contributed by atoms with Gasteiger partial charge in [0.15, 0.2) is 11.1 Å². The fraction of sp³-hybridized carbons (Fsp3) is 0.238. The second-order valence-electron chi connectivity index (χ2n) is 6.26. The number of ether oxygens (including phenoxy) is 1. The normalized spacial score (nSPS) is 13.4. The van der Waals surface area contributed by atoms with Gasteiger partial charge in [0, 0.05) is 17.1 Å². The smallest absolute Gasteiger partial charge is 0.165 e. The summed E-state index contributed by atoms with van der Waals surface area (Å²) in [6, 6.07) is 18.8. The van der Waals surface area contributed by atoms with Gasteiger partial charge in [-0.15, -0.1) is 11.6 Å². The molecule has 3 aromatic carbocycles. The summed E-state index contributed by atoms with van der Waals surface area (Å²) in [6.45, 7) is 0.539. The highest BCUT2D eigenvalue weighted by atomic mass is 35.5. The molecule has 0 saturated heterocycles. The van der Waals surface area contributed by atoms with E-state index in [9.17, 15) is 8.76 Å². The molecule has 27 heavy (non-hydrogen) atoms. The number of halogens is 1. The molecule has 142 valence electrons. The van der Waals surface area contributed by atoms with Gasteiger partial charge in [-0.25, -0.2) is 4.21 Å². The zero-order chi connectivity index (χ0) is 19.2. The van der Waals surface area contributed by atoms with Crippen LogP contribution >= 0.6 is 11.6 Å². The largest absolute Gasteiger partial charge is 0.494 e. The summed E-state index contributed by atoms with van der Waals surface area (Å²) >= 11 is 3.55. The molecule has 2 unspecified atom stereocenters. The number of fused-ring (bicyclic) bond motifs is 1. The average Bonchev–Trinajstić information content (AvgIpc) is 2.67. The molecule has 3 N–H and O–H groups in total. The van der Waals surface area contributed by atoms with E-state index in [2.05, 4.69) is 0 Å². The zero-order valence-corrected chi connectivity index (χ0v) is 16.4. The van der Waals surface area contributed by atoms with Gasteiger partial charge in [-0.2, -0.15) is 0 Å².